The molecule has 0 aromatic heterocycles. The number of hydrogen-bond acceptors (Lipinski definition) is 4. The van der Waals surface area contributed by atoms with Crippen molar-refractivity contribution in [2.45, 2.75) is 11.3 Å². The summed E-state index contributed by atoms with van der Waals surface area (Å²) in [6.07, 6.45) is 0.896. The van der Waals surface area contributed by atoms with Gasteiger partial charge in [-0.2, -0.15) is 4.31 Å². The van der Waals surface area contributed by atoms with E-state index in [2.05, 4.69) is 0 Å². The van der Waals surface area contributed by atoms with E-state index in [0.717, 1.165) is 6.42 Å². The van der Waals surface area contributed by atoms with E-state index < -0.39 is 17.1 Å². The average Bonchev–Trinajstić information content (AvgIpc) is 2.14. The van der Waals surface area contributed by atoms with Crippen molar-refractivity contribution in [3.8, 4) is 0 Å². The van der Waals surface area contributed by atoms with Crippen molar-refractivity contribution in [1.82, 2.24) is 4.31 Å². The summed E-state index contributed by atoms with van der Waals surface area (Å²) in [6, 6.07) is 5.58. The predicted octanol–water partition coefficient (Wildman–Crippen LogP) is -1.24. The molecule has 1 aromatic rings. The number of benzene rings is 1. The molecule has 0 bridgehead atoms. The summed E-state index contributed by atoms with van der Waals surface area (Å²) in [6.45, 7) is 1.12. The first-order chi connectivity index (χ1) is 7.51. The Bertz CT molecular complexity index is 467. The summed E-state index contributed by atoms with van der Waals surface area (Å²) in [7, 11) is -4.94. The minimum Gasteiger partial charge on any atom is -0.423 e. The fourth-order valence-electron chi connectivity index (χ4n) is 1.49. The van der Waals surface area contributed by atoms with Gasteiger partial charge in [0.2, 0.25) is 10.0 Å². The lowest BCUT2D eigenvalue weighted by atomic mass is 9.81. The lowest BCUT2D eigenvalue weighted by molar-refractivity contribution is 0.309. The minimum absolute atomic E-state index is 0.191. The third-order valence-electron chi connectivity index (χ3n) is 2.63. The van der Waals surface area contributed by atoms with Crippen LogP contribution >= 0.6 is 0 Å². The fourth-order valence-corrected chi connectivity index (χ4v) is 3.01. The normalized spacial score (nSPS) is 16.9. The molecular weight excluding hydrogens is 229 g/mol. The van der Waals surface area contributed by atoms with Crippen LogP contribution in [0.4, 0.5) is 0 Å². The van der Waals surface area contributed by atoms with Crippen LogP contribution in [-0.4, -0.2) is 43.0 Å². The summed E-state index contributed by atoms with van der Waals surface area (Å²) in [5, 5.41) is 17.8. The van der Waals surface area contributed by atoms with E-state index >= 15 is 0 Å². The van der Waals surface area contributed by atoms with Gasteiger partial charge in [0.15, 0.2) is 0 Å². The Labute approximate surface area is 94.5 Å². The zero-order chi connectivity index (χ0) is 11.8. The van der Waals surface area contributed by atoms with Crippen LogP contribution in [0, 0.1) is 0 Å². The predicted molar refractivity (Wildman–Crippen MR) is 59.6 cm³/mol. The Balaban J connectivity index is 2.27. The average molecular weight is 241 g/mol. The molecule has 0 saturated carbocycles. The first-order valence-corrected chi connectivity index (χ1v) is 6.42. The van der Waals surface area contributed by atoms with Crippen molar-refractivity contribution in [2.75, 3.05) is 13.1 Å². The summed E-state index contributed by atoms with van der Waals surface area (Å²) in [5.41, 5.74) is 0.280. The molecule has 2 N–H and O–H groups in total. The van der Waals surface area contributed by atoms with Gasteiger partial charge in [0.25, 0.3) is 0 Å². The topological polar surface area (TPSA) is 77.8 Å². The van der Waals surface area contributed by atoms with Crippen LogP contribution in [0.5, 0.6) is 0 Å². The first kappa shape index (κ1) is 11.6. The molecule has 1 aromatic carbocycles. The van der Waals surface area contributed by atoms with Crippen LogP contribution in [0.15, 0.2) is 29.2 Å². The lowest BCUT2D eigenvalue weighted by Crippen LogP contribution is -2.42. The Kier molecular flexibility index (Phi) is 3.03. The Hall–Kier alpha value is -0.885. The van der Waals surface area contributed by atoms with Crippen LogP contribution < -0.4 is 5.46 Å². The van der Waals surface area contributed by atoms with E-state index in [0.29, 0.717) is 13.1 Å². The molecule has 0 radical (unpaired) electrons. The zero-order valence-electron chi connectivity index (χ0n) is 8.57. The molecule has 1 fully saturated rings. The van der Waals surface area contributed by atoms with Crippen LogP contribution in [0.2, 0.25) is 0 Å². The van der Waals surface area contributed by atoms with Gasteiger partial charge in [0, 0.05) is 13.1 Å². The van der Waals surface area contributed by atoms with E-state index in [4.69, 9.17) is 10.0 Å². The number of nitrogens with zero attached hydrogens (tertiary/aromatic N) is 1. The molecule has 16 heavy (non-hydrogen) atoms. The number of rotatable bonds is 3. The molecule has 0 aliphatic carbocycles. The highest BCUT2D eigenvalue weighted by molar-refractivity contribution is 7.89. The highest BCUT2D eigenvalue weighted by atomic mass is 32.2. The van der Waals surface area contributed by atoms with Gasteiger partial charge in [-0.25, -0.2) is 8.42 Å². The van der Waals surface area contributed by atoms with Gasteiger partial charge in [-0.15, -0.1) is 0 Å². The van der Waals surface area contributed by atoms with Gasteiger partial charge in [-0.05, 0) is 24.0 Å². The van der Waals surface area contributed by atoms with Gasteiger partial charge < -0.3 is 10.0 Å². The van der Waals surface area contributed by atoms with Gasteiger partial charge in [0.1, 0.15) is 0 Å². The van der Waals surface area contributed by atoms with Gasteiger partial charge in [-0.3, -0.25) is 0 Å². The van der Waals surface area contributed by atoms with Crippen molar-refractivity contribution in [2.24, 2.45) is 0 Å². The zero-order valence-corrected chi connectivity index (χ0v) is 9.39. The molecule has 5 nitrogen and oxygen atoms in total. The molecule has 0 amide bonds. The first-order valence-electron chi connectivity index (χ1n) is 4.98. The summed E-state index contributed by atoms with van der Waals surface area (Å²) < 4.78 is 25.2. The minimum atomic E-state index is -3.37. The van der Waals surface area contributed by atoms with Crippen molar-refractivity contribution in [3.63, 3.8) is 0 Å². The second-order valence-corrected chi connectivity index (χ2v) is 5.64. The molecular formula is C9H12BNO4S. The summed E-state index contributed by atoms with van der Waals surface area (Å²) in [5.74, 6) is 0. The van der Waals surface area contributed by atoms with Crippen LogP contribution in [-0.2, 0) is 10.0 Å². The molecule has 1 heterocycles. The molecule has 2 rings (SSSR count). The van der Waals surface area contributed by atoms with Crippen molar-refractivity contribution in [3.05, 3.63) is 24.3 Å². The molecule has 1 aliphatic heterocycles. The van der Waals surface area contributed by atoms with Gasteiger partial charge in [-0.1, -0.05) is 12.1 Å². The van der Waals surface area contributed by atoms with E-state index in [9.17, 15) is 8.42 Å². The van der Waals surface area contributed by atoms with E-state index in [-0.39, 0.29) is 10.4 Å². The summed E-state index contributed by atoms with van der Waals surface area (Å²) >= 11 is 0. The second-order valence-electron chi connectivity index (χ2n) is 3.70. The standard InChI is InChI=1S/C9H12BNO4S/c12-10(13)8-2-4-9(5-3-8)16(14,15)11-6-1-7-11/h2-5,12-13H,1,6-7H2. The fraction of sp³-hybridized carbons (Fsp3) is 0.333. The van der Waals surface area contributed by atoms with Crippen LogP contribution in [0.3, 0.4) is 0 Å². The maximum Gasteiger partial charge on any atom is 0.488 e. The molecule has 0 atom stereocenters. The van der Waals surface area contributed by atoms with Crippen molar-refractivity contribution < 1.29 is 18.5 Å². The van der Waals surface area contributed by atoms with E-state index in [1.54, 1.807) is 0 Å². The molecule has 7 heteroatoms. The van der Waals surface area contributed by atoms with E-state index in [1.807, 2.05) is 0 Å². The molecule has 1 aliphatic rings. The number of sulfonamides is 1. The lowest BCUT2D eigenvalue weighted by Gasteiger charge is -2.29. The molecule has 0 spiro atoms. The highest BCUT2D eigenvalue weighted by Gasteiger charge is 2.29. The summed E-state index contributed by atoms with van der Waals surface area (Å²) in [4.78, 5) is 0.191. The Morgan fingerprint density at radius 1 is 1.12 bits per heavy atom. The van der Waals surface area contributed by atoms with Crippen LogP contribution in [0.1, 0.15) is 6.42 Å². The highest BCUT2D eigenvalue weighted by Crippen LogP contribution is 2.20. The third-order valence-corrected chi connectivity index (χ3v) is 4.54. The molecule has 86 valence electrons. The molecule has 0 unspecified atom stereocenters. The van der Waals surface area contributed by atoms with Gasteiger partial charge >= 0.3 is 7.12 Å². The smallest absolute Gasteiger partial charge is 0.423 e. The second kappa shape index (κ2) is 4.17. The van der Waals surface area contributed by atoms with Gasteiger partial charge in [0.05, 0.1) is 4.90 Å². The van der Waals surface area contributed by atoms with Crippen LogP contribution in [0.25, 0.3) is 0 Å². The Morgan fingerprint density at radius 3 is 2.06 bits per heavy atom. The maximum absolute atomic E-state index is 11.9. The largest absolute Gasteiger partial charge is 0.488 e. The number of hydrogen-bond donors (Lipinski definition) is 2. The monoisotopic (exact) mass is 241 g/mol. The van der Waals surface area contributed by atoms with E-state index in [1.165, 1.54) is 28.6 Å². The molecule has 1 saturated heterocycles. The van der Waals surface area contributed by atoms with Crippen molar-refractivity contribution >= 4 is 22.6 Å². The third kappa shape index (κ3) is 1.99. The SMILES string of the molecule is O=S(=O)(c1ccc(B(O)O)cc1)N1CCC1. The quantitative estimate of drug-likeness (QED) is 0.649. The Morgan fingerprint density at radius 2 is 1.69 bits per heavy atom. The maximum atomic E-state index is 11.9. The van der Waals surface area contributed by atoms with Crippen molar-refractivity contribution in [1.29, 1.82) is 0 Å².